The Labute approximate surface area is 161 Å². The Kier molecular flexibility index (Phi) is 5.98. The molecule has 0 aromatic heterocycles. The van der Waals surface area contributed by atoms with Gasteiger partial charge in [-0.15, -0.1) is 0 Å². The molecule has 140 valence electrons. The summed E-state index contributed by atoms with van der Waals surface area (Å²) < 4.78 is 20.8. The Morgan fingerprint density at radius 1 is 1.19 bits per heavy atom. The summed E-state index contributed by atoms with van der Waals surface area (Å²) in [4.78, 5) is 23.9. The number of Topliss-reactive ketones (excluding diaryl/α,β-unsaturated/α-hetero) is 1. The topological polar surface area (TPSA) is 71.1 Å². The number of halogens is 1. The highest BCUT2D eigenvalue weighted by molar-refractivity contribution is 6.32. The van der Waals surface area contributed by atoms with Crippen LogP contribution in [-0.4, -0.2) is 31.8 Å². The lowest BCUT2D eigenvalue weighted by molar-refractivity contribution is -0.136. The van der Waals surface area contributed by atoms with E-state index in [1.165, 1.54) is 12.2 Å². The number of hydrogen-bond donors (Lipinski definition) is 0. The van der Waals surface area contributed by atoms with Crippen LogP contribution in [-0.2, 0) is 9.53 Å². The van der Waals surface area contributed by atoms with Gasteiger partial charge in [-0.05, 0) is 55.0 Å². The molecule has 2 aromatic carbocycles. The molecule has 2 aromatic rings. The fraction of sp³-hybridized carbons (Fsp3) is 0.200. The van der Waals surface area contributed by atoms with Crippen LogP contribution in [0.5, 0.6) is 17.2 Å². The number of rotatable bonds is 7. The largest absolute Gasteiger partial charge is 0.494 e. The lowest BCUT2D eigenvalue weighted by Gasteiger charge is -2.05. The summed E-state index contributed by atoms with van der Waals surface area (Å²) >= 11 is 6.08. The molecule has 0 radical (unpaired) electrons. The quantitative estimate of drug-likeness (QED) is 0.407. The number of ketones is 1. The van der Waals surface area contributed by atoms with Crippen molar-refractivity contribution in [2.24, 2.45) is 0 Å². The Balaban J connectivity index is 1.54. The summed E-state index contributed by atoms with van der Waals surface area (Å²) in [5.41, 5.74) is 1.09. The van der Waals surface area contributed by atoms with E-state index < -0.39 is 5.97 Å². The molecule has 0 spiro atoms. The minimum absolute atomic E-state index is 0.109. The van der Waals surface area contributed by atoms with Crippen molar-refractivity contribution < 1.29 is 28.5 Å². The highest BCUT2D eigenvalue weighted by Gasteiger charge is 2.17. The molecular weight excluding hydrogens is 372 g/mol. The first-order chi connectivity index (χ1) is 13.1. The highest BCUT2D eigenvalue weighted by Crippen LogP contribution is 2.40. The van der Waals surface area contributed by atoms with Gasteiger partial charge in [-0.25, -0.2) is 4.79 Å². The van der Waals surface area contributed by atoms with E-state index in [1.54, 1.807) is 36.4 Å². The fourth-order valence-electron chi connectivity index (χ4n) is 2.42. The van der Waals surface area contributed by atoms with Crippen LogP contribution in [0.1, 0.15) is 22.8 Å². The van der Waals surface area contributed by atoms with Crippen molar-refractivity contribution >= 4 is 29.4 Å². The van der Waals surface area contributed by atoms with Crippen molar-refractivity contribution in [3.05, 3.63) is 58.6 Å². The number of benzene rings is 2. The first kappa shape index (κ1) is 18.8. The monoisotopic (exact) mass is 388 g/mol. The van der Waals surface area contributed by atoms with Crippen LogP contribution in [0.2, 0.25) is 5.02 Å². The highest BCUT2D eigenvalue weighted by atomic mass is 35.5. The summed E-state index contributed by atoms with van der Waals surface area (Å²) in [6, 6.07) is 9.99. The van der Waals surface area contributed by atoms with Crippen molar-refractivity contribution in [1.29, 1.82) is 0 Å². The summed E-state index contributed by atoms with van der Waals surface area (Å²) in [6.07, 6.45) is 2.75. The maximum Gasteiger partial charge on any atom is 0.331 e. The van der Waals surface area contributed by atoms with E-state index in [-0.39, 0.29) is 19.2 Å². The molecule has 27 heavy (non-hydrogen) atoms. The third-order valence-corrected chi connectivity index (χ3v) is 3.97. The SMILES string of the molecule is CCOc1ccc(C(=O)COC(=O)/C=C/c2cc(Cl)c3c(c2)OCO3)cc1. The maximum atomic E-state index is 12.1. The molecule has 0 atom stereocenters. The molecule has 0 amide bonds. The van der Waals surface area contributed by atoms with E-state index in [0.717, 1.165) is 0 Å². The minimum atomic E-state index is -0.636. The van der Waals surface area contributed by atoms with Crippen molar-refractivity contribution in [3.8, 4) is 17.2 Å². The number of ether oxygens (including phenoxy) is 4. The third-order valence-electron chi connectivity index (χ3n) is 3.69. The molecule has 3 rings (SSSR count). The van der Waals surface area contributed by atoms with Gasteiger partial charge >= 0.3 is 5.97 Å². The normalized spacial score (nSPS) is 12.2. The second kappa shape index (κ2) is 8.60. The van der Waals surface area contributed by atoms with Gasteiger partial charge in [-0.3, -0.25) is 4.79 Å². The van der Waals surface area contributed by atoms with E-state index in [9.17, 15) is 9.59 Å². The molecule has 0 aliphatic carbocycles. The Bertz CT molecular complexity index is 873. The number of carbonyl (C=O) groups is 2. The molecule has 0 bridgehead atoms. The van der Waals surface area contributed by atoms with Crippen molar-refractivity contribution in [3.63, 3.8) is 0 Å². The van der Waals surface area contributed by atoms with E-state index in [4.69, 9.17) is 30.5 Å². The summed E-state index contributed by atoms with van der Waals surface area (Å²) in [6.45, 7) is 2.19. The zero-order valence-electron chi connectivity index (χ0n) is 14.6. The van der Waals surface area contributed by atoms with Crippen LogP contribution in [0.15, 0.2) is 42.5 Å². The zero-order chi connectivity index (χ0) is 19.2. The molecule has 1 heterocycles. The number of esters is 1. The first-order valence-corrected chi connectivity index (χ1v) is 8.64. The molecule has 6 nitrogen and oxygen atoms in total. The summed E-state index contributed by atoms with van der Waals surface area (Å²) in [5.74, 6) is 0.740. The van der Waals surface area contributed by atoms with E-state index in [2.05, 4.69) is 0 Å². The van der Waals surface area contributed by atoms with Crippen molar-refractivity contribution in [2.75, 3.05) is 20.0 Å². The third kappa shape index (κ3) is 4.80. The number of carbonyl (C=O) groups excluding carboxylic acids is 2. The Hall–Kier alpha value is -2.99. The smallest absolute Gasteiger partial charge is 0.331 e. The van der Waals surface area contributed by atoms with Gasteiger partial charge in [0.2, 0.25) is 6.79 Å². The molecule has 1 aliphatic heterocycles. The second-order valence-corrected chi connectivity index (χ2v) is 5.97. The van der Waals surface area contributed by atoms with E-state index in [0.29, 0.717) is 40.0 Å². The standard InChI is InChI=1S/C20H17ClO6/c1-2-24-15-6-4-14(5-7-15)17(22)11-25-19(23)8-3-13-9-16(21)20-18(10-13)26-12-27-20/h3-10H,2,11-12H2,1H3/b8-3+. The molecule has 0 saturated heterocycles. The fourth-order valence-corrected chi connectivity index (χ4v) is 2.69. The van der Waals surface area contributed by atoms with Crippen molar-refractivity contribution in [1.82, 2.24) is 0 Å². The molecule has 7 heteroatoms. The second-order valence-electron chi connectivity index (χ2n) is 5.56. The Morgan fingerprint density at radius 3 is 2.70 bits per heavy atom. The lowest BCUT2D eigenvalue weighted by atomic mass is 10.1. The van der Waals surface area contributed by atoms with Gasteiger partial charge < -0.3 is 18.9 Å². The van der Waals surface area contributed by atoms with Gasteiger partial charge in [0.25, 0.3) is 0 Å². The number of fused-ring (bicyclic) bond motifs is 1. The van der Waals surface area contributed by atoms with Crippen LogP contribution < -0.4 is 14.2 Å². The first-order valence-electron chi connectivity index (χ1n) is 8.27. The predicted octanol–water partition coefficient (Wildman–Crippen LogP) is 3.91. The van der Waals surface area contributed by atoms with Gasteiger partial charge in [-0.1, -0.05) is 11.6 Å². The molecule has 1 aliphatic rings. The van der Waals surface area contributed by atoms with E-state index in [1.807, 2.05) is 6.92 Å². The van der Waals surface area contributed by atoms with Gasteiger partial charge in [0.1, 0.15) is 5.75 Å². The average Bonchev–Trinajstić information content (AvgIpc) is 3.14. The summed E-state index contributed by atoms with van der Waals surface area (Å²) in [7, 11) is 0. The van der Waals surface area contributed by atoms with E-state index >= 15 is 0 Å². The minimum Gasteiger partial charge on any atom is -0.494 e. The predicted molar refractivity (Wildman–Crippen MR) is 99.5 cm³/mol. The summed E-state index contributed by atoms with van der Waals surface area (Å²) in [5, 5.41) is 0.392. The van der Waals surface area contributed by atoms with Gasteiger partial charge in [0.15, 0.2) is 23.9 Å². The van der Waals surface area contributed by atoms with Crippen molar-refractivity contribution in [2.45, 2.75) is 6.92 Å². The molecular formula is C20H17ClO6. The number of hydrogen-bond acceptors (Lipinski definition) is 6. The van der Waals surface area contributed by atoms with Crippen LogP contribution in [0.4, 0.5) is 0 Å². The average molecular weight is 389 g/mol. The molecule has 0 unspecified atom stereocenters. The van der Waals surface area contributed by atoms with Gasteiger partial charge in [-0.2, -0.15) is 0 Å². The van der Waals surface area contributed by atoms with Crippen LogP contribution in [0.3, 0.4) is 0 Å². The van der Waals surface area contributed by atoms with Crippen LogP contribution in [0.25, 0.3) is 6.08 Å². The maximum absolute atomic E-state index is 12.1. The molecule has 0 saturated carbocycles. The lowest BCUT2D eigenvalue weighted by Crippen LogP contribution is -2.12. The van der Waals surface area contributed by atoms with Crippen LogP contribution >= 0.6 is 11.6 Å². The van der Waals surface area contributed by atoms with Gasteiger partial charge in [0.05, 0.1) is 11.6 Å². The van der Waals surface area contributed by atoms with Gasteiger partial charge in [0, 0.05) is 11.6 Å². The zero-order valence-corrected chi connectivity index (χ0v) is 15.3. The molecule has 0 fully saturated rings. The Morgan fingerprint density at radius 2 is 1.96 bits per heavy atom. The molecule has 0 N–H and O–H groups in total. The van der Waals surface area contributed by atoms with Crippen LogP contribution in [0, 0.1) is 0 Å².